The molecule has 0 aromatic heterocycles. The molecule has 1 nitrogen and oxygen atoms in total. The molecule has 0 bridgehead atoms. The lowest BCUT2D eigenvalue weighted by molar-refractivity contribution is 0.379. The van der Waals surface area contributed by atoms with Crippen LogP contribution in [0.2, 0.25) is 0 Å². The van der Waals surface area contributed by atoms with Crippen molar-refractivity contribution in [2.45, 2.75) is 38.1 Å². The van der Waals surface area contributed by atoms with E-state index in [1.165, 1.54) is 54.4 Å². The van der Waals surface area contributed by atoms with E-state index in [1.54, 1.807) is 0 Å². The maximum Gasteiger partial charge on any atom is 0.0412 e. The second-order valence-corrected chi connectivity index (χ2v) is 5.57. The number of nitrogens with zero attached hydrogens (tertiary/aromatic N) is 1. The predicted octanol–water partition coefficient (Wildman–Crippen LogP) is 3.75. The molecule has 1 saturated carbocycles. The summed E-state index contributed by atoms with van der Waals surface area (Å²) in [5, 5.41) is 0. The van der Waals surface area contributed by atoms with Crippen molar-refractivity contribution in [3.05, 3.63) is 28.2 Å². The molecule has 1 aromatic carbocycles. The summed E-state index contributed by atoms with van der Waals surface area (Å²) in [4.78, 5) is 2.63. The third-order valence-corrected chi connectivity index (χ3v) is 4.21. The van der Waals surface area contributed by atoms with Crippen LogP contribution in [0.3, 0.4) is 0 Å². The average molecular weight is 266 g/mol. The molecule has 15 heavy (non-hydrogen) atoms. The lowest BCUT2D eigenvalue weighted by Crippen LogP contribution is -2.43. The minimum absolute atomic E-state index is 0.832. The molecule has 0 radical (unpaired) electrons. The average Bonchev–Trinajstić information content (AvgIpc) is 2.16. The highest BCUT2D eigenvalue weighted by Gasteiger charge is 2.28. The highest BCUT2D eigenvalue weighted by atomic mass is 79.9. The van der Waals surface area contributed by atoms with E-state index >= 15 is 0 Å². The van der Waals surface area contributed by atoms with E-state index in [2.05, 4.69) is 39.0 Å². The normalized spacial score (nSPS) is 21.0. The highest BCUT2D eigenvalue weighted by Crippen LogP contribution is 2.36. The van der Waals surface area contributed by atoms with Gasteiger partial charge in [0.1, 0.15) is 0 Å². The fourth-order valence-corrected chi connectivity index (χ4v) is 3.00. The Kier molecular flexibility index (Phi) is 2.47. The molecule has 0 N–H and O–H groups in total. The van der Waals surface area contributed by atoms with E-state index < -0.39 is 0 Å². The first-order valence-corrected chi connectivity index (χ1v) is 6.69. The van der Waals surface area contributed by atoms with E-state index in [1.807, 2.05) is 0 Å². The molecular weight excluding hydrogens is 250 g/mol. The van der Waals surface area contributed by atoms with Crippen LogP contribution in [0.5, 0.6) is 0 Å². The number of benzene rings is 1. The van der Waals surface area contributed by atoms with E-state index in [-0.39, 0.29) is 0 Å². The molecule has 0 amide bonds. The topological polar surface area (TPSA) is 3.24 Å². The van der Waals surface area contributed by atoms with Crippen molar-refractivity contribution in [2.75, 3.05) is 11.4 Å². The molecule has 1 aliphatic carbocycles. The van der Waals surface area contributed by atoms with Crippen molar-refractivity contribution in [1.29, 1.82) is 0 Å². The minimum atomic E-state index is 0.832. The summed E-state index contributed by atoms with van der Waals surface area (Å²) in [5.41, 5.74) is 3.02. The zero-order valence-electron chi connectivity index (χ0n) is 8.88. The summed E-state index contributed by atoms with van der Waals surface area (Å²) in [6.45, 7) is 1.26. The van der Waals surface area contributed by atoms with Crippen molar-refractivity contribution in [3.8, 4) is 0 Å². The Balaban J connectivity index is 1.96. The fourth-order valence-electron chi connectivity index (χ4n) is 2.65. The van der Waals surface area contributed by atoms with Crippen molar-refractivity contribution < 1.29 is 0 Å². The summed E-state index contributed by atoms with van der Waals surface area (Å²) in [7, 11) is 0. The van der Waals surface area contributed by atoms with Crippen molar-refractivity contribution in [3.63, 3.8) is 0 Å². The van der Waals surface area contributed by atoms with E-state index in [4.69, 9.17) is 0 Å². The Morgan fingerprint density at radius 3 is 2.80 bits per heavy atom. The van der Waals surface area contributed by atoms with Gasteiger partial charge in [-0.15, -0.1) is 0 Å². The van der Waals surface area contributed by atoms with Crippen molar-refractivity contribution in [2.24, 2.45) is 0 Å². The van der Waals surface area contributed by atoms with Gasteiger partial charge in [-0.05, 0) is 49.8 Å². The molecule has 2 heteroatoms. The number of halogens is 1. The van der Waals surface area contributed by atoms with Crippen LogP contribution in [0.1, 0.15) is 31.2 Å². The summed E-state index contributed by atoms with van der Waals surface area (Å²) in [5.74, 6) is 0. The number of rotatable bonds is 1. The maximum atomic E-state index is 3.58. The smallest absolute Gasteiger partial charge is 0.0412 e. The van der Waals surface area contributed by atoms with Gasteiger partial charge in [0.25, 0.3) is 0 Å². The Morgan fingerprint density at radius 2 is 2.07 bits per heavy atom. The SMILES string of the molecule is Brc1ccc2c(c1)N(C1CCC1)CCC2. The zero-order valence-corrected chi connectivity index (χ0v) is 10.5. The first-order chi connectivity index (χ1) is 7.34. The number of fused-ring (bicyclic) bond motifs is 1. The second kappa shape index (κ2) is 3.82. The number of hydrogen-bond acceptors (Lipinski definition) is 1. The van der Waals surface area contributed by atoms with Crippen molar-refractivity contribution >= 4 is 21.6 Å². The van der Waals surface area contributed by atoms with Gasteiger partial charge >= 0.3 is 0 Å². The molecule has 0 spiro atoms. The van der Waals surface area contributed by atoms with Gasteiger partial charge in [0.2, 0.25) is 0 Å². The van der Waals surface area contributed by atoms with Crippen LogP contribution in [-0.4, -0.2) is 12.6 Å². The third kappa shape index (κ3) is 1.69. The van der Waals surface area contributed by atoms with E-state index in [0.717, 1.165) is 6.04 Å². The summed E-state index contributed by atoms with van der Waals surface area (Å²) < 4.78 is 1.22. The van der Waals surface area contributed by atoms with Crippen LogP contribution in [-0.2, 0) is 6.42 Å². The Labute approximate surface area is 99.6 Å². The Hall–Kier alpha value is -0.500. The lowest BCUT2D eigenvalue weighted by Gasteiger charge is -2.42. The van der Waals surface area contributed by atoms with Crippen LogP contribution in [0.25, 0.3) is 0 Å². The van der Waals surface area contributed by atoms with Gasteiger partial charge in [0, 0.05) is 22.7 Å². The number of anilines is 1. The summed E-state index contributed by atoms with van der Waals surface area (Å²) in [6.07, 6.45) is 6.79. The van der Waals surface area contributed by atoms with E-state index in [9.17, 15) is 0 Å². The fraction of sp³-hybridized carbons (Fsp3) is 0.538. The standard InChI is InChI=1S/C13H16BrN/c14-11-7-6-10-3-2-8-15(13(10)9-11)12-4-1-5-12/h6-7,9,12H,1-5,8H2. The second-order valence-electron chi connectivity index (χ2n) is 4.65. The number of aryl methyl sites for hydroxylation is 1. The highest BCUT2D eigenvalue weighted by molar-refractivity contribution is 9.10. The predicted molar refractivity (Wildman–Crippen MR) is 67.4 cm³/mol. The van der Waals surface area contributed by atoms with Gasteiger partial charge in [0.15, 0.2) is 0 Å². The molecule has 0 unspecified atom stereocenters. The van der Waals surface area contributed by atoms with Crippen LogP contribution in [0.15, 0.2) is 22.7 Å². The first-order valence-electron chi connectivity index (χ1n) is 5.90. The largest absolute Gasteiger partial charge is 0.368 e. The molecule has 1 aromatic rings. The van der Waals surface area contributed by atoms with Crippen LogP contribution < -0.4 is 4.90 Å². The van der Waals surface area contributed by atoms with Crippen molar-refractivity contribution in [1.82, 2.24) is 0 Å². The van der Waals surface area contributed by atoms with Gasteiger partial charge in [0.05, 0.1) is 0 Å². The molecule has 3 rings (SSSR count). The minimum Gasteiger partial charge on any atom is -0.368 e. The van der Waals surface area contributed by atoms with Crippen LogP contribution in [0.4, 0.5) is 5.69 Å². The van der Waals surface area contributed by atoms with Gasteiger partial charge in [-0.3, -0.25) is 0 Å². The molecule has 1 aliphatic heterocycles. The number of hydrogen-bond donors (Lipinski definition) is 0. The summed E-state index contributed by atoms with van der Waals surface area (Å²) >= 11 is 3.58. The van der Waals surface area contributed by atoms with Gasteiger partial charge < -0.3 is 4.90 Å². The van der Waals surface area contributed by atoms with E-state index in [0.29, 0.717) is 0 Å². The Bertz CT molecular complexity index is 371. The monoisotopic (exact) mass is 265 g/mol. The van der Waals surface area contributed by atoms with Crippen LogP contribution >= 0.6 is 15.9 Å². The third-order valence-electron chi connectivity index (χ3n) is 3.72. The summed E-state index contributed by atoms with van der Waals surface area (Å²) in [6, 6.07) is 7.58. The van der Waals surface area contributed by atoms with Crippen LogP contribution in [0, 0.1) is 0 Å². The molecule has 0 atom stereocenters. The Morgan fingerprint density at radius 1 is 1.20 bits per heavy atom. The quantitative estimate of drug-likeness (QED) is 0.748. The molecule has 1 fully saturated rings. The molecule has 1 heterocycles. The maximum absolute atomic E-state index is 3.58. The van der Waals surface area contributed by atoms with Gasteiger partial charge in [-0.2, -0.15) is 0 Å². The molecule has 2 aliphatic rings. The zero-order chi connectivity index (χ0) is 10.3. The van der Waals surface area contributed by atoms with Gasteiger partial charge in [-0.1, -0.05) is 22.0 Å². The lowest BCUT2D eigenvalue weighted by atomic mass is 9.88. The van der Waals surface area contributed by atoms with Gasteiger partial charge in [-0.25, -0.2) is 0 Å². The molecule has 80 valence electrons. The first kappa shape index (κ1) is 9.71. The molecular formula is C13H16BrN. The molecule has 0 saturated heterocycles.